The fourth-order valence-corrected chi connectivity index (χ4v) is 2.98. The molecule has 1 amide bonds. The Morgan fingerprint density at radius 2 is 1.39 bits per heavy atom. The van der Waals surface area contributed by atoms with Crippen LogP contribution in [-0.4, -0.2) is 45.9 Å². The molecule has 0 saturated heterocycles. The zero-order valence-corrected chi connectivity index (χ0v) is 22.7. The molecule has 1 N–H and O–H groups in total. The normalized spacial score (nSPS) is 14.1. The molecule has 8 nitrogen and oxygen atoms in total. The summed E-state index contributed by atoms with van der Waals surface area (Å²) in [6, 6.07) is 2.48. The van der Waals surface area contributed by atoms with Crippen LogP contribution in [-0.2, 0) is 30.2 Å². The molecule has 0 bridgehead atoms. The second-order valence-corrected chi connectivity index (χ2v) is 11.8. The van der Waals surface area contributed by atoms with Gasteiger partial charge < -0.3 is 19.5 Å². The molecule has 1 rings (SSSR count). The van der Waals surface area contributed by atoms with Crippen molar-refractivity contribution in [1.82, 2.24) is 10.3 Å². The summed E-state index contributed by atoms with van der Waals surface area (Å²) < 4.78 is 17.2. The van der Waals surface area contributed by atoms with Gasteiger partial charge >= 0.3 is 18.0 Å². The van der Waals surface area contributed by atoms with Crippen molar-refractivity contribution in [2.24, 2.45) is 5.92 Å². The Morgan fingerprint density at radius 1 is 0.879 bits per heavy atom. The zero-order chi connectivity index (χ0) is 25.6. The van der Waals surface area contributed by atoms with Gasteiger partial charge in [0.2, 0.25) is 0 Å². The van der Waals surface area contributed by atoms with Crippen LogP contribution in [0.25, 0.3) is 0 Å². The third-order valence-electron chi connectivity index (χ3n) is 3.89. The second-order valence-electron chi connectivity index (χ2n) is 10.9. The van der Waals surface area contributed by atoms with E-state index in [0.29, 0.717) is 5.69 Å². The number of esters is 2. The van der Waals surface area contributed by atoms with E-state index in [1.165, 1.54) is 0 Å². The van der Waals surface area contributed by atoms with Gasteiger partial charge in [0.25, 0.3) is 0 Å². The average molecular weight is 529 g/mol. The molecule has 1 aromatic rings. The van der Waals surface area contributed by atoms with Crippen molar-refractivity contribution in [2.45, 2.75) is 98.0 Å². The first-order chi connectivity index (χ1) is 14.8. The molecule has 0 unspecified atom stereocenters. The van der Waals surface area contributed by atoms with E-state index in [2.05, 4.69) is 26.2 Å². The molecule has 186 valence electrons. The smallest absolute Gasteiger partial charge is 0.408 e. The topological polar surface area (TPSA) is 104 Å². The molecule has 0 aliphatic carbocycles. The van der Waals surface area contributed by atoms with Gasteiger partial charge in [-0.2, -0.15) is 0 Å². The molecule has 1 heterocycles. The molecule has 9 heteroatoms. The highest BCUT2D eigenvalue weighted by Gasteiger charge is 2.35. The van der Waals surface area contributed by atoms with Gasteiger partial charge in [0.05, 0.1) is 5.92 Å². The van der Waals surface area contributed by atoms with Crippen LogP contribution in [0.15, 0.2) is 22.8 Å². The van der Waals surface area contributed by atoms with Gasteiger partial charge in [-0.05, 0) is 96.8 Å². The Kier molecular flexibility index (Phi) is 9.90. The van der Waals surface area contributed by atoms with Crippen molar-refractivity contribution in [2.75, 3.05) is 0 Å². The molecular weight excluding hydrogens is 492 g/mol. The number of rotatable bonds is 7. The average Bonchev–Trinajstić information content (AvgIpc) is 2.57. The number of ether oxygens (including phenoxy) is 3. The van der Waals surface area contributed by atoms with Crippen LogP contribution in [0.1, 0.15) is 74.4 Å². The maximum atomic E-state index is 13.0. The first-order valence-electron chi connectivity index (χ1n) is 10.9. The Morgan fingerprint density at radius 3 is 1.85 bits per heavy atom. The maximum absolute atomic E-state index is 13.0. The fourth-order valence-electron chi connectivity index (χ4n) is 2.75. The number of halogens is 1. The quantitative estimate of drug-likeness (QED) is 0.393. The highest BCUT2D eigenvalue weighted by atomic mass is 79.9. The minimum atomic E-state index is -1.12. The van der Waals surface area contributed by atoms with E-state index in [1.54, 1.807) is 74.6 Å². The van der Waals surface area contributed by atoms with Gasteiger partial charge in [-0.1, -0.05) is 0 Å². The molecule has 0 spiro atoms. The van der Waals surface area contributed by atoms with Crippen molar-refractivity contribution in [1.29, 1.82) is 0 Å². The van der Waals surface area contributed by atoms with Crippen LogP contribution in [0.3, 0.4) is 0 Å². The zero-order valence-electron chi connectivity index (χ0n) is 21.1. The molecule has 0 aliphatic rings. The van der Waals surface area contributed by atoms with Gasteiger partial charge in [0.1, 0.15) is 22.8 Å². The first kappa shape index (κ1) is 28.9. The minimum Gasteiger partial charge on any atom is -0.460 e. The number of carbonyl (C=O) groups excluding carboxylic acids is 3. The molecular formula is C24H37BrN2O6. The number of hydrogen-bond donors (Lipinski definition) is 1. The molecule has 0 fully saturated rings. The summed E-state index contributed by atoms with van der Waals surface area (Å²) in [5, 5.41) is 2.57. The second kappa shape index (κ2) is 11.3. The standard InChI is InChI=1S/C24H37BrN2O6/c1-22(2,3)31-19(28)15(12-17-11-10-16(25)14-26-17)13-18(20(29)32-23(4,5)6)27-21(30)33-24(7,8)9/h10-11,14-15,18H,12-13H2,1-9H3,(H,27,30)/t15-,18-/m0/s1. The largest absolute Gasteiger partial charge is 0.460 e. The molecule has 0 radical (unpaired) electrons. The van der Waals surface area contributed by atoms with Crippen LogP contribution in [0.5, 0.6) is 0 Å². The fraction of sp³-hybridized carbons (Fsp3) is 0.667. The SMILES string of the molecule is CC(C)(C)OC(=O)N[C@@H](C[C@H](Cc1ccc(Br)cn1)C(=O)OC(C)(C)C)C(=O)OC(C)(C)C. The maximum Gasteiger partial charge on any atom is 0.408 e. The van der Waals surface area contributed by atoms with Crippen LogP contribution in [0.4, 0.5) is 4.79 Å². The van der Waals surface area contributed by atoms with Crippen LogP contribution in [0, 0.1) is 5.92 Å². The van der Waals surface area contributed by atoms with Crippen molar-refractivity contribution in [3.63, 3.8) is 0 Å². The van der Waals surface area contributed by atoms with Gasteiger partial charge in [0.15, 0.2) is 0 Å². The van der Waals surface area contributed by atoms with Crippen molar-refractivity contribution >= 4 is 34.0 Å². The Labute approximate surface area is 205 Å². The Hall–Kier alpha value is -2.16. The number of pyridine rings is 1. The summed E-state index contributed by atoms with van der Waals surface area (Å²) in [7, 11) is 0. The van der Waals surface area contributed by atoms with Crippen molar-refractivity contribution in [3.05, 3.63) is 28.5 Å². The highest BCUT2D eigenvalue weighted by Crippen LogP contribution is 2.22. The number of hydrogen-bond acceptors (Lipinski definition) is 7. The number of carbonyl (C=O) groups is 3. The summed E-state index contributed by atoms with van der Waals surface area (Å²) in [5.74, 6) is -1.91. The summed E-state index contributed by atoms with van der Waals surface area (Å²) in [6.07, 6.45) is 1.03. The van der Waals surface area contributed by atoms with E-state index >= 15 is 0 Å². The molecule has 0 saturated carbocycles. The molecule has 2 atom stereocenters. The highest BCUT2D eigenvalue weighted by molar-refractivity contribution is 9.10. The van der Waals surface area contributed by atoms with Crippen LogP contribution >= 0.6 is 15.9 Å². The predicted octanol–water partition coefficient (Wildman–Crippen LogP) is 4.97. The van der Waals surface area contributed by atoms with Crippen LogP contribution < -0.4 is 5.32 Å². The lowest BCUT2D eigenvalue weighted by atomic mass is 9.94. The van der Waals surface area contributed by atoms with Gasteiger partial charge in [-0.3, -0.25) is 9.78 Å². The molecule has 0 aliphatic heterocycles. The van der Waals surface area contributed by atoms with E-state index in [1.807, 2.05) is 6.07 Å². The third kappa shape index (κ3) is 12.6. The summed E-state index contributed by atoms with van der Waals surface area (Å²) in [5.41, 5.74) is -1.61. The van der Waals surface area contributed by atoms with E-state index in [9.17, 15) is 14.4 Å². The summed E-state index contributed by atoms with van der Waals surface area (Å²) in [6.45, 7) is 15.7. The van der Waals surface area contributed by atoms with Gasteiger partial charge in [0, 0.05) is 22.8 Å². The lowest BCUT2D eigenvalue weighted by molar-refractivity contribution is -0.162. The number of nitrogens with zero attached hydrogens (tertiary/aromatic N) is 1. The number of aromatic nitrogens is 1. The van der Waals surface area contributed by atoms with E-state index in [0.717, 1.165) is 4.47 Å². The lowest BCUT2D eigenvalue weighted by Crippen LogP contribution is -2.48. The Bertz CT molecular complexity index is 819. The lowest BCUT2D eigenvalue weighted by Gasteiger charge is -2.29. The third-order valence-corrected chi connectivity index (χ3v) is 4.36. The Balaban J connectivity index is 3.21. The molecule has 1 aromatic heterocycles. The van der Waals surface area contributed by atoms with E-state index in [4.69, 9.17) is 14.2 Å². The van der Waals surface area contributed by atoms with E-state index in [-0.39, 0.29) is 12.8 Å². The molecule has 33 heavy (non-hydrogen) atoms. The number of amides is 1. The number of nitrogens with one attached hydrogen (secondary N) is 1. The summed E-state index contributed by atoms with van der Waals surface area (Å²) in [4.78, 5) is 42.7. The predicted molar refractivity (Wildman–Crippen MR) is 129 cm³/mol. The molecule has 0 aromatic carbocycles. The minimum absolute atomic E-state index is 0.0409. The number of alkyl carbamates (subject to hydrolysis) is 1. The van der Waals surface area contributed by atoms with E-state index < -0.39 is 46.8 Å². The van der Waals surface area contributed by atoms with Crippen molar-refractivity contribution in [3.8, 4) is 0 Å². The first-order valence-corrected chi connectivity index (χ1v) is 11.7. The van der Waals surface area contributed by atoms with Gasteiger partial charge in [-0.15, -0.1) is 0 Å². The van der Waals surface area contributed by atoms with Crippen molar-refractivity contribution < 1.29 is 28.6 Å². The van der Waals surface area contributed by atoms with Gasteiger partial charge in [-0.25, -0.2) is 9.59 Å². The summed E-state index contributed by atoms with van der Waals surface area (Å²) >= 11 is 3.34. The monoisotopic (exact) mass is 528 g/mol. The van der Waals surface area contributed by atoms with Crippen LogP contribution in [0.2, 0.25) is 0 Å².